The van der Waals surface area contributed by atoms with Gasteiger partial charge in [-0.3, -0.25) is 0 Å². The van der Waals surface area contributed by atoms with Crippen LogP contribution in [0.1, 0.15) is 24.5 Å². The van der Waals surface area contributed by atoms with Crippen LogP contribution in [0, 0.1) is 5.82 Å². The van der Waals surface area contributed by atoms with E-state index in [0.717, 1.165) is 24.0 Å². The van der Waals surface area contributed by atoms with Gasteiger partial charge in [-0.1, -0.05) is 43.7 Å². The van der Waals surface area contributed by atoms with E-state index in [1.807, 2.05) is 6.07 Å². The van der Waals surface area contributed by atoms with Gasteiger partial charge < -0.3 is 5.73 Å². The molecule has 0 fully saturated rings. The van der Waals surface area contributed by atoms with E-state index in [4.69, 9.17) is 5.73 Å². The average Bonchev–Trinajstić information content (AvgIpc) is 2.41. The van der Waals surface area contributed by atoms with Gasteiger partial charge in [-0.2, -0.15) is 0 Å². The smallest absolute Gasteiger partial charge is 0.127 e. The van der Waals surface area contributed by atoms with Gasteiger partial charge in [0.2, 0.25) is 0 Å². The number of aryl methyl sites for hydroxylation is 1. The average molecular weight is 243 g/mol. The number of rotatable bonds is 4. The second-order valence-corrected chi connectivity index (χ2v) is 4.46. The van der Waals surface area contributed by atoms with E-state index < -0.39 is 0 Å². The van der Waals surface area contributed by atoms with Crippen LogP contribution < -0.4 is 5.73 Å². The van der Waals surface area contributed by atoms with Gasteiger partial charge in [-0.15, -0.1) is 0 Å². The Bertz CT molecular complexity index is 517. The van der Waals surface area contributed by atoms with Crippen LogP contribution in [0.25, 0.3) is 11.1 Å². The Balaban J connectivity index is 2.30. The molecule has 0 unspecified atom stereocenters. The van der Waals surface area contributed by atoms with E-state index in [2.05, 4.69) is 31.2 Å². The lowest BCUT2D eigenvalue weighted by Crippen LogP contribution is -1.99. The molecule has 0 heterocycles. The van der Waals surface area contributed by atoms with E-state index in [0.29, 0.717) is 5.56 Å². The van der Waals surface area contributed by atoms with Crippen LogP contribution in [0.4, 0.5) is 4.39 Å². The molecule has 1 nitrogen and oxygen atoms in total. The SMILES string of the molecule is CCCc1ccc(-c2ccc(F)c(CN)c2)cc1. The number of hydrogen-bond donors (Lipinski definition) is 1. The zero-order valence-corrected chi connectivity index (χ0v) is 10.6. The molecular formula is C16H18FN. The molecule has 0 aliphatic carbocycles. The highest BCUT2D eigenvalue weighted by atomic mass is 19.1. The summed E-state index contributed by atoms with van der Waals surface area (Å²) in [4.78, 5) is 0. The molecule has 2 rings (SSSR count). The second kappa shape index (κ2) is 5.78. The maximum atomic E-state index is 13.4. The maximum Gasteiger partial charge on any atom is 0.127 e. The van der Waals surface area contributed by atoms with Crippen molar-refractivity contribution in [3.63, 3.8) is 0 Å². The Hall–Kier alpha value is -1.67. The minimum Gasteiger partial charge on any atom is -0.326 e. The van der Waals surface area contributed by atoms with E-state index in [1.54, 1.807) is 6.07 Å². The minimum atomic E-state index is -0.233. The number of benzene rings is 2. The minimum absolute atomic E-state index is 0.230. The molecule has 0 aliphatic rings. The molecule has 0 radical (unpaired) electrons. The Morgan fingerprint density at radius 1 is 1.00 bits per heavy atom. The number of nitrogens with two attached hydrogens (primary N) is 1. The monoisotopic (exact) mass is 243 g/mol. The first-order valence-corrected chi connectivity index (χ1v) is 6.32. The molecule has 94 valence electrons. The lowest BCUT2D eigenvalue weighted by Gasteiger charge is -2.06. The molecule has 0 saturated carbocycles. The zero-order chi connectivity index (χ0) is 13.0. The Morgan fingerprint density at radius 2 is 1.67 bits per heavy atom. The summed E-state index contributed by atoms with van der Waals surface area (Å²) in [5.41, 5.74) is 9.53. The van der Waals surface area contributed by atoms with Crippen LogP contribution in [0.5, 0.6) is 0 Å². The lowest BCUT2D eigenvalue weighted by atomic mass is 10.0. The molecule has 0 bridgehead atoms. The number of hydrogen-bond acceptors (Lipinski definition) is 1. The molecule has 18 heavy (non-hydrogen) atoms. The summed E-state index contributed by atoms with van der Waals surface area (Å²) in [6, 6.07) is 13.5. The zero-order valence-electron chi connectivity index (χ0n) is 10.6. The largest absolute Gasteiger partial charge is 0.326 e. The molecular weight excluding hydrogens is 225 g/mol. The molecule has 0 aliphatic heterocycles. The highest BCUT2D eigenvalue weighted by Gasteiger charge is 2.03. The van der Waals surface area contributed by atoms with Crippen LogP contribution in [0.3, 0.4) is 0 Å². The molecule has 0 atom stereocenters. The first-order valence-electron chi connectivity index (χ1n) is 6.32. The van der Waals surface area contributed by atoms with Gasteiger partial charge in [0.25, 0.3) is 0 Å². The first-order chi connectivity index (χ1) is 8.74. The van der Waals surface area contributed by atoms with Crippen molar-refractivity contribution in [2.45, 2.75) is 26.3 Å². The summed E-state index contributed by atoms with van der Waals surface area (Å²) < 4.78 is 13.4. The van der Waals surface area contributed by atoms with Crippen molar-refractivity contribution >= 4 is 0 Å². The molecule has 2 heteroatoms. The molecule has 2 aromatic carbocycles. The van der Waals surface area contributed by atoms with Crippen molar-refractivity contribution in [1.82, 2.24) is 0 Å². The topological polar surface area (TPSA) is 26.0 Å². The summed E-state index contributed by atoms with van der Waals surface area (Å²) >= 11 is 0. The van der Waals surface area contributed by atoms with Crippen LogP contribution >= 0.6 is 0 Å². The molecule has 0 amide bonds. The predicted molar refractivity (Wildman–Crippen MR) is 73.7 cm³/mol. The van der Waals surface area contributed by atoms with Crippen molar-refractivity contribution in [3.8, 4) is 11.1 Å². The van der Waals surface area contributed by atoms with E-state index in [1.165, 1.54) is 11.6 Å². The summed E-state index contributed by atoms with van der Waals surface area (Å²) in [7, 11) is 0. The van der Waals surface area contributed by atoms with Gasteiger partial charge in [0.05, 0.1) is 0 Å². The van der Waals surface area contributed by atoms with E-state index >= 15 is 0 Å². The lowest BCUT2D eigenvalue weighted by molar-refractivity contribution is 0.611. The quantitative estimate of drug-likeness (QED) is 0.865. The first kappa shape index (κ1) is 12.8. The van der Waals surface area contributed by atoms with E-state index in [9.17, 15) is 4.39 Å². The standard InChI is InChI=1S/C16H18FN/c1-2-3-12-4-6-13(7-5-12)14-8-9-16(17)15(10-14)11-18/h4-10H,2-3,11,18H2,1H3. The summed E-state index contributed by atoms with van der Waals surface area (Å²) in [5, 5.41) is 0. The Kier molecular flexibility index (Phi) is 4.11. The second-order valence-electron chi connectivity index (χ2n) is 4.46. The Morgan fingerprint density at radius 3 is 2.28 bits per heavy atom. The van der Waals surface area contributed by atoms with Crippen molar-refractivity contribution in [2.24, 2.45) is 5.73 Å². The molecule has 0 saturated heterocycles. The van der Waals surface area contributed by atoms with Crippen molar-refractivity contribution in [2.75, 3.05) is 0 Å². The fraction of sp³-hybridized carbons (Fsp3) is 0.250. The van der Waals surface area contributed by atoms with Crippen LogP contribution in [0.2, 0.25) is 0 Å². The third-order valence-corrected chi connectivity index (χ3v) is 3.09. The normalized spacial score (nSPS) is 10.6. The fourth-order valence-electron chi connectivity index (χ4n) is 2.06. The van der Waals surface area contributed by atoms with Gasteiger partial charge in [0, 0.05) is 12.1 Å². The molecule has 2 N–H and O–H groups in total. The van der Waals surface area contributed by atoms with Crippen molar-refractivity contribution in [1.29, 1.82) is 0 Å². The van der Waals surface area contributed by atoms with Crippen LogP contribution in [0.15, 0.2) is 42.5 Å². The predicted octanol–water partition coefficient (Wildman–Crippen LogP) is 3.90. The van der Waals surface area contributed by atoms with Crippen molar-refractivity contribution in [3.05, 3.63) is 59.4 Å². The summed E-state index contributed by atoms with van der Waals surface area (Å²) in [6.07, 6.45) is 2.24. The van der Waals surface area contributed by atoms with E-state index in [-0.39, 0.29) is 12.4 Å². The van der Waals surface area contributed by atoms with Gasteiger partial charge in [-0.25, -0.2) is 4.39 Å². The molecule has 0 aromatic heterocycles. The summed E-state index contributed by atoms with van der Waals surface area (Å²) in [6.45, 7) is 2.40. The van der Waals surface area contributed by atoms with Crippen LogP contribution in [-0.4, -0.2) is 0 Å². The van der Waals surface area contributed by atoms with Gasteiger partial charge in [-0.05, 0) is 35.2 Å². The fourth-order valence-corrected chi connectivity index (χ4v) is 2.06. The summed E-state index contributed by atoms with van der Waals surface area (Å²) in [5.74, 6) is -0.233. The number of halogens is 1. The highest BCUT2D eigenvalue weighted by Crippen LogP contribution is 2.22. The molecule has 0 spiro atoms. The van der Waals surface area contributed by atoms with Gasteiger partial charge in [0.15, 0.2) is 0 Å². The third-order valence-electron chi connectivity index (χ3n) is 3.09. The molecule has 2 aromatic rings. The van der Waals surface area contributed by atoms with Gasteiger partial charge >= 0.3 is 0 Å². The Labute approximate surface area is 107 Å². The van der Waals surface area contributed by atoms with Gasteiger partial charge in [0.1, 0.15) is 5.82 Å². The third kappa shape index (κ3) is 2.77. The maximum absolute atomic E-state index is 13.4. The highest BCUT2D eigenvalue weighted by molar-refractivity contribution is 5.64. The van der Waals surface area contributed by atoms with Crippen LogP contribution in [-0.2, 0) is 13.0 Å². The van der Waals surface area contributed by atoms with Crippen molar-refractivity contribution < 1.29 is 4.39 Å².